The Bertz CT molecular complexity index is 610. The summed E-state index contributed by atoms with van der Waals surface area (Å²) in [6, 6.07) is 4.10. The molecule has 0 saturated heterocycles. The van der Waals surface area contributed by atoms with Crippen LogP contribution in [0.3, 0.4) is 0 Å². The summed E-state index contributed by atoms with van der Waals surface area (Å²) in [6.07, 6.45) is 0.508. The van der Waals surface area contributed by atoms with Crippen LogP contribution in [-0.4, -0.2) is 48.5 Å². The predicted octanol–water partition coefficient (Wildman–Crippen LogP) is 2.63. The number of benzene rings is 1. The first-order valence-corrected chi connectivity index (χ1v) is 8.77. The van der Waals surface area contributed by atoms with Gasteiger partial charge < -0.3 is 24.8 Å². The van der Waals surface area contributed by atoms with E-state index >= 15 is 0 Å². The molecule has 0 saturated carbocycles. The van der Waals surface area contributed by atoms with E-state index in [0.29, 0.717) is 19.6 Å². The fourth-order valence-electron chi connectivity index (χ4n) is 3.10. The van der Waals surface area contributed by atoms with Crippen molar-refractivity contribution in [3.63, 3.8) is 0 Å². The van der Waals surface area contributed by atoms with Gasteiger partial charge in [0, 0.05) is 25.2 Å². The minimum absolute atomic E-state index is 0.0630. The van der Waals surface area contributed by atoms with Gasteiger partial charge in [0.15, 0.2) is 0 Å². The third-order valence-electron chi connectivity index (χ3n) is 4.31. The van der Waals surface area contributed by atoms with Crippen LogP contribution in [0.2, 0.25) is 0 Å². The van der Waals surface area contributed by atoms with Gasteiger partial charge in [-0.05, 0) is 51.3 Å². The van der Waals surface area contributed by atoms with Gasteiger partial charge in [-0.2, -0.15) is 0 Å². The maximum atomic E-state index is 12.5. The van der Waals surface area contributed by atoms with E-state index in [2.05, 4.69) is 11.4 Å². The van der Waals surface area contributed by atoms with Gasteiger partial charge in [-0.3, -0.25) is 0 Å². The van der Waals surface area contributed by atoms with Gasteiger partial charge in [0.25, 0.3) is 0 Å². The molecule has 1 aromatic rings. The molecule has 1 aliphatic rings. The Kier molecular flexibility index (Phi) is 6.30. The van der Waals surface area contributed by atoms with Crippen molar-refractivity contribution in [2.75, 3.05) is 26.8 Å². The third kappa shape index (κ3) is 4.86. The summed E-state index contributed by atoms with van der Waals surface area (Å²) in [5, 5.41) is 12.1. The van der Waals surface area contributed by atoms with Crippen molar-refractivity contribution < 1.29 is 19.4 Å². The smallest absolute Gasteiger partial charge is 0.410 e. The van der Waals surface area contributed by atoms with E-state index in [1.165, 1.54) is 5.56 Å². The highest BCUT2D eigenvalue weighted by atomic mass is 16.6. The number of carbonyl (C=O) groups excluding carboxylic acids is 1. The number of methoxy groups -OCH3 is 1. The molecule has 0 fully saturated rings. The SMILES string of the molecule is COc1cc2c(cc1CNCCO)CCN(C(=O)OC(C)(C)C)C2C. The highest BCUT2D eigenvalue weighted by Crippen LogP contribution is 2.35. The average Bonchev–Trinajstić information content (AvgIpc) is 2.53. The van der Waals surface area contributed by atoms with E-state index < -0.39 is 5.60 Å². The molecule has 1 amide bonds. The van der Waals surface area contributed by atoms with Gasteiger partial charge in [-0.1, -0.05) is 6.07 Å². The summed E-state index contributed by atoms with van der Waals surface area (Å²) in [7, 11) is 1.65. The molecule has 2 N–H and O–H groups in total. The zero-order chi connectivity index (χ0) is 18.6. The van der Waals surface area contributed by atoms with E-state index in [1.807, 2.05) is 33.8 Å². The number of amides is 1. The topological polar surface area (TPSA) is 71.0 Å². The molecule has 0 spiro atoms. The summed E-state index contributed by atoms with van der Waals surface area (Å²) < 4.78 is 11.1. The molecule has 1 unspecified atom stereocenters. The lowest BCUT2D eigenvalue weighted by Gasteiger charge is -2.36. The second kappa shape index (κ2) is 8.06. The first-order valence-electron chi connectivity index (χ1n) is 8.77. The van der Waals surface area contributed by atoms with Gasteiger partial charge in [0.1, 0.15) is 11.4 Å². The molecule has 1 atom stereocenters. The lowest BCUT2D eigenvalue weighted by molar-refractivity contribution is 0.0159. The minimum Gasteiger partial charge on any atom is -0.496 e. The van der Waals surface area contributed by atoms with Gasteiger partial charge in [0.05, 0.1) is 19.8 Å². The molecule has 1 aliphatic heterocycles. The molecular formula is C19H30N2O4. The summed E-state index contributed by atoms with van der Waals surface area (Å²) in [4.78, 5) is 14.2. The number of fused-ring (bicyclic) bond motifs is 1. The predicted molar refractivity (Wildman–Crippen MR) is 96.8 cm³/mol. The Morgan fingerprint density at radius 2 is 2.12 bits per heavy atom. The molecule has 0 bridgehead atoms. The zero-order valence-corrected chi connectivity index (χ0v) is 15.9. The number of hydrogen-bond acceptors (Lipinski definition) is 5. The van der Waals surface area contributed by atoms with E-state index in [-0.39, 0.29) is 18.7 Å². The van der Waals surface area contributed by atoms with Crippen LogP contribution in [0, 0.1) is 0 Å². The van der Waals surface area contributed by atoms with Crippen molar-refractivity contribution in [3.05, 3.63) is 28.8 Å². The van der Waals surface area contributed by atoms with Crippen molar-refractivity contribution >= 4 is 6.09 Å². The Hall–Kier alpha value is -1.79. The minimum atomic E-state index is -0.503. The highest BCUT2D eigenvalue weighted by molar-refractivity contribution is 5.69. The second-order valence-corrected chi connectivity index (χ2v) is 7.36. The average molecular weight is 350 g/mol. The van der Waals surface area contributed by atoms with E-state index in [9.17, 15) is 4.79 Å². The first kappa shape index (κ1) is 19.5. The summed E-state index contributed by atoms with van der Waals surface area (Å²) >= 11 is 0. The van der Waals surface area contributed by atoms with Gasteiger partial charge >= 0.3 is 6.09 Å². The number of carbonyl (C=O) groups is 1. The van der Waals surface area contributed by atoms with Crippen LogP contribution in [-0.2, 0) is 17.7 Å². The quantitative estimate of drug-likeness (QED) is 0.799. The Morgan fingerprint density at radius 1 is 1.40 bits per heavy atom. The maximum absolute atomic E-state index is 12.5. The molecule has 0 radical (unpaired) electrons. The van der Waals surface area contributed by atoms with Gasteiger partial charge in [-0.15, -0.1) is 0 Å². The third-order valence-corrected chi connectivity index (χ3v) is 4.31. The van der Waals surface area contributed by atoms with Crippen LogP contribution in [0.25, 0.3) is 0 Å². The molecule has 6 heteroatoms. The zero-order valence-electron chi connectivity index (χ0n) is 15.9. The van der Waals surface area contributed by atoms with E-state index in [1.54, 1.807) is 12.0 Å². The Labute approximate surface area is 150 Å². The number of aliphatic hydroxyl groups excluding tert-OH is 1. The van der Waals surface area contributed by atoms with Gasteiger partial charge in [-0.25, -0.2) is 4.79 Å². The van der Waals surface area contributed by atoms with Crippen LogP contribution in [0.5, 0.6) is 5.75 Å². The molecule has 140 valence electrons. The number of nitrogens with zero attached hydrogens (tertiary/aromatic N) is 1. The molecule has 1 heterocycles. The first-order chi connectivity index (χ1) is 11.8. The van der Waals surface area contributed by atoms with Crippen LogP contribution >= 0.6 is 0 Å². The molecule has 0 aliphatic carbocycles. The van der Waals surface area contributed by atoms with Crippen molar-refractivity contribution in [3.8, 4) is 5.75 Å². The largest absolute Gasteiger partial charge is 0.496 e. The molecule has 25 heavy (non-hydrogen) atoms. The lowest BCUT2D eigenvalue weighted by Crippen LogP contribution is -2.42. The number of nitrogens with one attached hydrogen (secondary N) is 1. The van der Waals surface area contributed by atoms with Crippen molar-refractivity contribution in [1.82, 2.24) is 10.2 Å². The van der Waals surface area contributed by atoms with Crippen molar-refractivity contribution in [1.29, 1.82) is 0 Å². The lowest BCUT2D eigenvalue weighted by atomic mass is 9.91. The van der Waals surface area contributed by atoms with Crippen molar-refractivity contribution in [2.45, 2.75) is 52.3 Å². The molecule has 6 nitrogen and oxygen atoms in total. The maximum Gasteiger partial charge on any atom is 0.410 e. The fourth-order valence-corrected chi connectivity index (χ4v) is 3.10. The van der Waals surface area contributed by atoms with E-state index in [4.69, 9.17) is 14.6 Å². The summed E-state index contributed by atoms with van der Waals surface area (Å²) in [5.74, 6) is 0.794. The Balaban J connectivity index is 2.22. The van der Waals surface area contributed by atoms with Crippen LogP contribution in [0.15, 0.2) is 12.1 Å². The number of hydrogen-bond donors (Lipinski definition) is 2. The molecule has 1 aromatic carbocycles. The van der Waals surface area contributed by atoms with E-state index in [0.717, 1.165) is 23.3 Å². The monoisotopic (exact) mass is 350 g/mol. The molecular weight excluding hydrogens is 320 g/mol. The molecule has 2 rings (SSSR count). The number of aliphatic hydroxyl groups is 1. The standard InChI is InChI=1S/C19H30N2O4/c1-13-16-11-17(24-5)15(12-20-7-9-22)10-14(16)6-8-21(13)18(23)25-19(2,3)4/h10-11,13,20,22H,6-9,12H2,1-5H3. The highest BCUT2D eigenvalue weighted by Gasteiger charge is 2.31. The van der Waals surface area contributed by atoms with Gasteiger partial charge in [0.2, 0.25) is 0 Å². The molecule has 0 aromatic heterocycles. The normalized spacial score (nSPS) is 17.2. The second-order valence-electron chi connectivity index (χ2n) is 7.36. The van der Waals surface area contributed by atoms with Crippen molar-refractivity contribution in [2.24, 2.45) is 0 Å². The van der Waals surface area contributed by atoms with Crippen LogP contribution in [0.4, 0.5) is 4.79 Å². The van der Waals surface area contributed by atoms with Crippen LogP contribution in [0.1, 0.15) is 50.4 Å². The Morgan fingerprint density at radius 3 is 2.72 bits per heavy atom. The van der Waals surface area contributed by atoms with Crippen LogP contribution < -0.4 is 10.1 Å². The fraction of sp³-hybridized carbons (Fsp3) is 0.632. The summed E-state index contributed by atoms with van der Waals surface area (Å²) in [5.41, 5.74) is 2.89. The summed E-state index contributed by atoms with van der Waals surface area (Å²) in [6.45, 7) is 9.58. The number of ether oxygens (including phenoxy) is 2. The number of rotatable bonds is 5.